The van der Waals surface area contributed by atoms with Crippen LogP contribution in [-0.4, -0.2) is 50.4 Å². The minimum absolute atomic E-state index is 0.0743. The number of amides is 2. The van der Waals surface area contributed by atoms with Crippen molar-refractivity contribution >= 4 is 27.5 Å². The Morgan fingerprint density at radius 1 is 0.927 bits per heavy atom. The molecule has 0 saturated heterocycles. The van der Waals surface area contributed by atoms with Gasteiger partial charge in [-0.3, -0.25) is 13.9 Å². The highest BCUT2D eigenvalue weighted by atomic mass is 32.2. The molecule has 3 aromatic carbocycles. The van der Waals surface area contributed by atoms with Gasteiger partial charge in [-0.15, -0.1) is 0 Å². The fourth-order valence-corrected chi connectivity index (χ4v) is 5.86. The van der Waals surface area contributed by atoms with Crippen molar-refractivity contribution in [2.75, 3.05) is 18.0 Å². The summed E-state index contributed by atoms with van der Waals surface area (Å²) in [6.07, 6.45) is 0.346. The molecule has 0 heterocycles. The first kappa shape index (κ1) is 31.7. The second-order valence-electron chi connectivity index (χ2n) is 11.1. The third-order valence-corrected chi connectivity index (χ3v) is 8.57. The van der Waals surface area contributed by atoms with E-state index in [0.717, 1.165) is 21.0 Å². The molecule has 0 radical (unpaired) electrons. The van der Waals surface area contributed by atoms with Crippen LogP contribution in [0.25, 0.3) is 0 Å². The van der Waals surface area contributed by atoms with Crippen LogP contribution < -0.4 is 14.4 Å². The summed E-state index contributed by atoms with van der Waals surface area (Å²) in [5.41, 5.74) is 2.55. The standard InChI is InChI=1S/C32H41N3O5S/c1-8-29(31(37)33-32(4,5)6)34(21-25-15-18-27(40-7)19-16-25)30(36)22-35(26-17-14-23(2)24(3)20-26)41(38,39)28-12-10-9-11-13-28/h9-20,29H,8,21-22H2,1-7H3,(H,33,37)/t29-/m0/s1. The normalized spacial score (nSPS) is 12.4. The van der Waals surface area contributed by atoms with Gasteiger partial charge in [0.15, 0.2) is 0 Å². The number of anilines is 1. The Labute approximate surface area is 244 Å². The average Bonchev–Trinajstić information content (AvgIpc) is 2.92. The molecule has 41 heavy (non-hydrogen) atoms. The number of aryl methyl sites for hydroxylation is 2. The minimum atomic E-state index is -4.11. The minimum Gasteiger partial charge on any atom is -0.497 e. The van der Waals surface area contributed by atoms with Crippen LogP contribution >= 0.6 is 0 Å². The molecule has 0 aliphatic rings. The van der Waals surface area contributed by atoms with Gasteiger partial charge in [0.05, 0.1) is 17.7 Å². The first-order valence-corrected chi connectivity index (χ1v) is 15.1. The zero-order valence-electron chi connectivity index (χ0n) is 25.0. The van der Waals surface area contributed by atoms with E-state index < -0.39 is 34.1 Å². The lowest BCUT2D eigenvalue weighted by Crippen LogP contribution is -2.55. The molecule has 0 saturated carbocycles. The first-order chi connectivity index (χ1) is 19.3. The third-order valence-electron chi connectivity index (χ3n) is 6.78. The monoisotopic (exact) mass is 579 g/mol. The van der Waals surface area contributed by atoms with Crippen LogP contribution in [0.4, 0.5) is 5.69 Å². The second kappa shape index (κ2) is 13.2. The number of carbonyl (C=O) groups is 2. The van der Waals surface area contributed by atoms with Gasteiger partial charge in [0.25, 0.3) is 10.0 Å². The Morgan fingerprint density at radius 2 is 1.56 bits per heavy atom. The number of sulfonamides is 1. The van der Waals surface area contributed by atoms with E-state index in [9.17, 15) is 18.0 Å². The van der Waals surface area contributed by atoms with E-state index in [1.54, 1.807) is 49.6 Å². The van der Waals surface area contributed by atoms with E-state index in [0.29, 0.717) is 17.9 Å². The van der Waals surface area contributed by atoms with Gasteiger partial charge < -0.3 is 15.0 Å². The average molecular weight is 580 g/mol. The number of methoxy groups -OCH3 is 1. The van der Waals surface area contributed by atoms with Crippen LogP contribution in [0.1, 0.15) is 50.8 Å². The molecule has 1 N–H and O–H groups in total. The van der Waals surface area contributed by atoms with Gasteiger partial charge in [0.2, 0.25) is 11.8 Å². The van der Waals surface area contributed by atoms with Crippen molar-refractivity contribution in [2.45, 2.75) is 71.0 Å². The summed E-state index contributed by atoms with van der Waals surface area (Å²) >= 11 is 0. The maximum Gasteiger partial charge on any atom is 0.264 e. The van der Waals surface area contributed by atoms with E-state index in [1.165, 1.54) is 17.0 Å². The Balaban J connectivity index is 2.08. The molecule has 0 bridgehead atoms. The van der Waals surface area contributed by atoms with Crippen LogP contribution in [0.15, 0.2) is 77.7 Å². The van der Waals surface area contributed by atoms with Gasteiger partial charge in [0.1, 0.15) is 18.3 Å². The number of benzene rings is 3. The summed E-state index contributed by atoms with van der Waals surface area (Å²) in [7, 11) is -2.53. The van der Waals surface area contributed by atoms with Crippen LogP contribution in [0.2, 0.25) is 0 Å². The van der Waals surface area contributed by atoms with Crippen molar-refractivity contribution in [1.29, 1.82) is 0 Å². The molecule has 1 atom stereocenters. The molecule has 9 heteroatoms. The van der Waals surface area contributed by atoms with Crippen molar-refractivity contribution < 1.29 is 22.7 Å². The summed E-state index contributed by atoms with van der Waals surface area (Å²) in [4.78, 5) is 29.1. The summed E-state index contributed by atoms with van der Waals surface area (Å²) in [5, 5.41) is 2.98. The smallest absolute Gasteiger partial charge is 0.264 e. The predicted octanol–water partition coefficient (Wildman–Crippen LogP) is 5.23. The SMILES string of the molecule is CC[C@@H](C(=O)NC(C)(C)C)N(Cc1ccc(OC)cc1)C(=O)CN(c1ccc(C)c(C)c1)S(=O)(=O)c1ccccc1. The van der Waals surface area contributed by atoms with Gasteiger partial charge >= 0.3 is 0 Å². The molecule has 3 aromatic rings. The highest BCUT2D eigenvalue weighted by molar-refractivity contribution is 7.92. The predicted molar refractivity (Wildman–Crippen MR) is 162 cm³/mol. The van der Waals surface area contributed by atoms with Crippen LogP contribution in [-0.2, 0) is 26.2 Å². The van der Waals surface area contributed by atoms with Crippen molar-refractivity contribution in [3.8, 4) is 5.75 Å². The molecular weight excluding hydrogens is 538 g/mol. The maximum atomic E-state index is 14.2. The first-order valence-electron chi connectivity index (χ1n) is 13.7. The van der Waals surface area contributed by atoms with E-state index in [1.807, 2.05) is 59.7 Å². The number of carbonyl (C=O) groups excluding carboxylic acids is 2. The highest BCUT2D eigenvalue weighted by Gasteiger charge is 2.34. The fourth-order valence-electron chi connectivity index (χ4n) is 4.43. The van der Waals surface area contributed by atoms with Crippen LogP contribution in [0.3, 0.4) is 0 Å². The molecule has 0 aliphatic carbocycles. The van der Waals surface area contributed by atoms with Crippen molar-refractivity contribution in [3.63, 3.8) is 0 Å². The molecule has 0 unspecified atom stereocenters. The quantitative estimate of drug-likeness (QED) is 0.336. The van der Waals surface area contributed by atoms with Gasteiger partial charge in [-0.1, -0.05) is 43.3 Å². The van der Waals surface area contributed by atoms with E-state index in [4.69, 9.17) is 4.74 Å². The largest absolute Gasteiger partial charge is 0.497 e. The molecule has 0 spiro atoms. The Hall–Kier alpha value is -3.85. The number of nitrogens with one attached hydrogen (secondary N) is 1. The van der Waals surface area contributed by atoms with E-state index >= 15 is 0 Å². The van der Waals surface area contributed by atoms with E-state index in [2.05, 4.69) is 5.32 Å². The topological polar surface area (TPSA) is 96.0 Å². The molecule has 220 valence electrons. The molecule has 8 nitrogen and oxygen atoms in total. The number of hydrogen-bond donors (Lipinski definition) is 1. The lowest BCUT2D eigenvalue weighted by atomic mass is 10.1. The zero-order valence-corrected chi connectivity index (χ0v) is 25.8. The third kappa shape index (κ3) is 8.10. The van der Waals surface area contributed by atoms with E-state index in [-0.39, 0.29) is 17.3 Å². The second-order valence-corrected chi connectivity index (χ2v) is 13.0. The highest BCUT2D eigenvalue weighted by Crippen LogP contribution is 2.27. The Kier molecular flexibility index (Phi) is 10.2. The lowest BCUT2D eigenvalue weighted by molar-refractivity contribution is -0.141. The molecule has 0 aromatic heterocycles. The maximum absolute atomic E-state index is 14.2. The van der Waals surface area contributed by atoms with Gasteiger partial charge in [0, 0.05) is 12.1 Å². The van der Waals surface area contributed by atoms with Crippen LogP contribution in [0, 0.1) is 13.8 Å². The van der Waals surface area contributed by atoms with Gasteiger partial charge in [-0.25, -0.2) is 8.42 Å². The molecule has 0 fully saturated rings. The Bertz CT molecular complexity index is 1450. The number of nitrogens with zero attached hydrogens (tertiary/aromatic N) is 2. The van der Waals surface area contributed by atoms with Crippen molar-refractivity contribution in [3.05, 3.63) is 89.5 Å². The summed E-state index contributed by atoms with van der Waals surface area (Å²) in [6, 6.07) is 19.8. The molecular formula is C32H41N3O5S. The fraction of sp³-hybridized carbons (Fsp3) is 0.375. The number of rotatable bonds is 11. The Morgan fingerprint density at radius 3 is 2.10 bits per heavy atom. The van der Waals surface area contributed by atoms with Crippen molar-refractivity contribution in [2.24, 2.45) is 0 Å². The summed E-state index contributed by atoms with van der Waals surface area (Å²) in [6.45, 7) is 10.9. The van der Waals surface area contributed by atoms with Gasteiger partial charge in [-0.05, 0) is 94.1 Å². The molecule has 0 aliphatic heterocycles. The van der Waals surface area contributed by atoms with Crippen molar-refractivity contribution in [1.82, 2.24) is 10.2 Å². The zero-order chi connectivity index (χ0) is 30.4. The molecule has 2 amide bonds. The van der Waals surface area contributed by atoms with Crippen LogP contribution in [0.5, 0.6) is 5.75 Å². The summed E-state index contributed by atoms with van der Waals surface area (Å²) < 4.78 is 34.3. The van der Waals surface area contributed by atoms with Gasteiger partial charge in [-0.2, -0.15) is 0 Å². The summed E-state index contributed by atoms with van der Waals surface area (Å²) in [5.74, 6) is -0.126. The lowest BCUT2D eigenvalue weighted by Gasteiger charge is -2.35. The number of hydrogen-bond acceptors (Lipinski definition) is 5. The molecule has 3 rings (SSSR count). The number of ether oxygens (including phenoxy) is 1.